The highest BCUT2D eigenvalue weighted by Gasteiger charge is 2.33. The van der Waals surface area contributed by atoms with Crippen molar-refractivity contribution in [2.24, 2.45) is 0 Å². The van der Waals surface area contributed by atoms with Gasteiger partial charge in [-0.05, 0) is 54.3 Å². The quantitative estimate of drug-likeness (QED) is 0.824. The maximum Gasteiger partial charge on any atom is 0.243 e. The van der Waals surface area contributed by atoms with Crippen molar-refractivity contribution in [1.29, 1.82) is 0 Å². The molecule has 144 valence electrons. The van der Waals surface area contributed by atoms with E-state index in [1.807, 2.05) is 24.3 Å². The predicted molar refractivity (Wildman–Crippen MR) is 104 cm³/mol. The first-order valence-corrected chi connectivity index (χ1v) is 10.4. The average Bonchev–Trinajstić information content (AvgIpc) is 3.19. The summed E-state index contributed by atoms with van der Waals surface area (Å²) >= 11 is 0. The van der Waals surface area contributed by atoms with E-state index in [-0.39, 0.29) is 16.7 Å². The number of carbonyl (C=O) groups excluding carboxylic acids is 1. The van der Waals surface area contributed by atoms with Gasteiger partial charge in [-0.25, -0.2) is 8.42 Å². The summed E-state index contributed by atoms with van der Waals surface area (Å²) in [5, 5.41) is 2.72. The lowest BCUT2D eigenvalue weighted by molar-refractivity contribution is -0.115. The molecule has 1 unspecified atom stereocenters. The van der Waals surface area contributed by atoms with Gasteiger partial charge in [0.1, 0.15) is 5.75 Å². The molecule has 6 nitrogen and oxygen atoms in total. The van der Waals surface area contributed by atoms with Gasteiger partial charge in [-0.1, -0.05) is 19.1 Å². The van der Waals surface area contributed by atoms with Crippen molar-refractivity contribution in [2.75, 3.05) is 25.5 Å². The summed E-state index contributed by atoms with van der Waals surface area (Å²) in [6.07, 6.45) is 1.16. The summed E-state index contributed by atoms with van der Waals surface area (Å²) in [4.78, 5) is 11.7. The minimum Gasteiger partial charge on any atom is -0.497 e. The highest BCUT2D eigenvalue weighted by Crippen LogP contribution is 2.32. The molecule has 0 radical (unpaired) electrons. The lowest BCUT2D eigenvalue weighted by Crippen LogP contribution is -2.28. The van der Waals surface area contributed by atoms with Crippen molar-refractivity contribution in [3.63, 3.8) is 0 Å². The van der Waals surface area contributed by atoms with Crippen LogP contribution in [0.3, 0.4) is 0 Å². The number of amides is 1. The Morgan fingerprint density at radius 1 is 1.15 bits per heavy atom. The summed E-state index contributed by atoms with van der Waals surface area (Å²) in [7, 11) is -1.92. The number of benzene rings is 2. The second kappa shape index (κ2) is 8.10. The molecule has 1 heterocycles. The zero-order chi connectivity index (χ0) is 19.4. The second-order valence-corrected chi connectivity index (χ2v) is 8.49. The van der Waals surface area contributed by atoms with Gasteiger partial charge in [-0.15, -0.1) is 0 Å². The van der Waals surface area contributed by atoms with Crippen molar-refractivity contribution in [2.45, 2.75) is 30.6 Å². The SMILES string of the molecule is CCC(=O)Nc1ccc(S(=O)(=O)N2CCC(c3ccc(OC)cc3)C2)cc1. The van der Waals surface area contributed by atoms with E-state index in [9.17, 15) is 13.2 Å². The summed E-state index contributed by atoms with van der Waals surface area (Å²) in [5.74, 6) is 0.859. The van der Waals surface area contributed by atoms with E-state index >= 15 is 0 Å². The summed E-state index contributed by atoms with van der Waals surface area (Å²) in [6, 6.07) is 14.1. The van der Waals surface area contributed by atoms with E-state index in [2.05, 4.69) is 5.32 Å². The maximum atomic E-state index is 12.9. The van der Waals surface area contributed by atoms with Gasteiger partial charge in [-0.3, -0.25) is 4.79 Å². The Balaban J connectivity index is 1.70. The van der Waals surface area contributed by atoms with Crippen molar-refractivity contribution in [1.82, 2.24) is 4.31 Å². The van der Waals surface area contributed by atoms with Gasteiger partial charge in [0.2, 0.25) is 15.9 Å². The van der Waals surface area contributed by atoms with Crippen LogP contribution < -0.4 is 10.1 Å². The fourth-order valence-corrected chi connectivity index (χ4v) is 4.70. The number of sulfonamides is 1. The number of carbonyl (C=O) groups is 1. The topological polar surface area (TPSA) is 75.7 Å². The third-order valence-corrected chi connectivity index (χ3v) is 6.71. The highest BCUT2D eigenvalue weighted by atomic mass is 32.2. The van der Waals surface area contributed by atoms with E-state index in [0.29, 0.717) is 25.2 Å². The van der Waals surface area contributed by atoms with E-state index in [1.54, 1.807) is 38.3 Å². The second-order valence-electron chi connectivity index (χ2n) is 6.55. The summed E-state index contributed by atoms with van der Waals surface area (Å²) in [6.45, 7) is 2.72. The zero-order valence-electron chi connectivity index (χ0n) is 15.5. The van der Waals surface area contributed by atoms with Gasteiger partial charge in [0, 0.05) is 25.2 Å². The van der Waals surface area contributed by atoms with Crippen LogP contribution in [0, 0.1) is 0 Å². The van der Waals surface area contributed by atoms with Crippen LogP contribution in [0.1, 0.15) is 31.2 Å². The Bertz CT molecular complexity index is 893. The van der Waals surface area contributed by atoms with Crippen LogP contribution in [0.5, 0.6) is 5.75 Å². The van der Waals surface area contributed by atoms with Crippen molar-refractivity contribution < 1.29 is 17.9 Å². The molecule has 3 rings (SSSR count). The summed E-state index contributed by atoms with van der Waals surface area (Å²) < 4.78 is 32.5. The number of hydrogen-bond acceptors (Lipinski definition) is 4. The number of hydrogen-bond donors (Lipinski definition) is 1. The smallest absolute Gasteiger partial charge is 0.243 e. The third kappa shape index (κ3) is 4.31. The first kappa shape index (κ1) is 19.4. The van der Waals surface area contributed by atoms with Gasteiger partial charge in [-0.2, -0.15) is 4.31 Å². The summed E-state index contributed by atoms with van der Waals surface area (Å²) in [5.41, 5.74) is 1.71. The van der Waals surface area contributed by atoms with Crippen LogP contribution >= 0.6 is 0 Å². The van der Waals surface area contributed by atoms with Crippen LogP contribution in [0.4, 0.5) is 5.69 Å². The van der Waals surface area contributed by atoms with E-state index in [1.165, 1.54) is 4.31 Å². The largest absolute Gasteiger partial charge is 0.497 e. The van der Waals surface area contributed by atoms with Gasteiger partial charge < -0.3 is 10.1 Å². The van der Waals surface area contributed by atoms with Crippen LogP contribution in [0.25, 0.3) is 0 Å². The predicted octanol–water partition coefficient (Wildman–Crippen LogP) is 3.22. The fraction of sp³-hybridized carbons (Fsp3) is 0.350. The number of rotatable bonds is 6. The minimum absolute atomic E-state index is 0.104. The molecule has 1 aliphatic heterocycles. The lowest BCUT2D eigenvalue weighted by atomic mass is 9.99. The van der Waals surface area contributed by atoms with Gasteiger partial charge >= 0.3 is 0 Å². The number of methoxy groups -OCH3 is 1. The molecular weight excluding hydrogens is 364 g/mol. The number of nitrogens with one attached hydrogen (secondary N) is 1. The molecule has 0 aliphatic carbocycles. The first-order chi connectivity index (χ1) is 12.9. The maximum absolute atomic E-state index is 12.9. The first-order valence-electron chi connectivity index (χ1n) is 8.98. The molecule has 0 saturated carbocycles. The number of nitrogens with zero attached hydrogens (tertiary/aromatic N) is 1. The Kier molecular flexibility index (Phi) is 5.82. The molecule has 1 saturated heterocycles. The van der Waals surface area contributed by atoms with Crippen molar-refractivity contribution in [3.05, 3.63) is 54.1 Å². The monoisotopic (exact) mass is 388 g/mol. The lowest BCUT2D eigenvalue weighted by Gasteiger charge is -2.17. The Hall–Kier alpha value is -2.38. The van der Waals surface area contributed by atoms with Gasteiger partial charge in [0.25, 0.3) is 0 Å². The van der Waals surface area contributed by atoms with Gasteiger partial charge in [0.15, 0.2) is 0 Å². The molecule has 0 spiro atoms. The highest BCUT2D eigenvalue weighted by molar-refractivity contribution is 7.89. The molecule has 1 atom stereocenters. The van der Waals surface area contributed by atoms with Crippen molar-refractivity contribution >= 4 is 21.6 Å². The normalized spacial score (nSPS) is 17.6. The average molecular weight is 388 g/mol. The molecular formula is C20H24N2O4S. The molecule has 2 aromatic carbocycles. The molecule has 1 N–H and O–H groups in total. The van der Waals surface area contributed by atoms with E-state index in [0.717, 1.165) is 17.7 Å². The van der Waals surface area contributed by atoms with E-state index in [4.69, 9.17) is 4.74 Å². The molecule has 1 fully saturated rings. The van der Waals surface area contributed by atoms with Crippen LogP contribution in [0.2, 0.25) is 0 Å². The third-order valence-electron chi connectivity index (χ3n) is 4.84. The Morgan fingerprint density at radius 3 is 2.41 bits per heavy atom. The number of ether oxygens (including phenoxy) is 1. The Morgan fingerprint density at radius 2 is 1.81 bits per heavy atom. The molecule has 0 aromatic heterocycles. The molecule has 0 bridgehead atoms. The molecule has 7 heteroatoms. The molecule has 1 aliphatic rings. The molecule has 2 aromatic rings. The molecule has 1 amide bonds. The minimum atomic E-state index is -3.55. The number of anilines is 1. The van der Waals surface area contributed by atoms with E-state index < -0.39 is 10.0 Å². The zero-order valence-corrected chi connectivity index (χ0v) is 16.3. The fourth-order valence-electron chi connectivity index (χ4n) is 3.20. The standard InChI is InChI=1S/C20H24N2O4S/c1-3-20(23)21-17-6-10-19(11-7-17)27(24,25)22-13-12-16(14-22)15-4-8-18(26-2)9-5-15/h4-11,16H,3,12-14H2,1-2H3,(H,21,23). The van der Waals surface area contributed by atoms with Gasteiger partial charge in [0.05, 0.1) is 12.0 Å². The molecule has 27 heavy (non-hydrogen) atoms. The van der Waals surface area contributed by atoms with Crippen LogP contribution in [-0.2, 0) is 14.8 Å². The van der Waals surface area contributed by atoms with Crippen LogP contribution in [0.15, 0.2) is 53.4 Å². The van der Waals surface area contributed by atoms with Crippen molar-refractivity contribution in [3.8, 4) is 5.75 Å². The Labute approximate surface area is 160 Å². The van der Waals surface area contributed by atoms with Crippen LogP contribution in [-0.4, -0.2) is 38.8 Å².